The number of aromatic nitrogens is 4. The summed E-state index contributed by atoms with van der Waals surface area (Å²) < 4.78 is 70.9. The van der Waals surface area contributed by atoms with Crippen molar-refractivity contribution in [2.75, 3.05) is 11.1 Å². The van der Waals surface area contributed by atoms with Crippen LogP contribution in [0.15, 0.2) is 40.3 Å². The van der Waals surface area contributed by atoms with Gasteiger partial charge >= 0.3 is 18.0 Å². The normalized spacial score (nSPS) is 12.7. The summed E-state index contributed by atoms with van der Waals surface area (Å²) in [5, 5.41) is 6.19. The third kappa shape index (κ3) is 5.16. The average Bonchev–Trinajstić information content (AvgIpc) is 3.01. The Balaban J connectivity index is 2.14. The molecule has 0 spiro atoms. The molecular weight excluding hydrogens is 467 g/mol. The van der Waals surface area contributed by atoms with Crippen LogP contribution in [-0.4, -0.2) is 45.0 Å². The number of carbonyl (C=O) groups excluding carboxylic acids is 1. The molecule has 3 aromatic rings. The number of pyridine rings is 2. The maximum absolute atomic E-state index is 13.0. The summed E-state index contributed by atoms with van der Waals surface area (Å²) in [5.41, 5.74) is -3.15. The summed E-state index contributed by atoms with van der Waals surface area (Å²) >= 11 is 0. The molecule has 10 nitrogen and oxygen atoms in total. The van der Waals surface area contributed by atoms with Crippen molar-refractivity contribution < 1.29 is 31.1 Å². The first-order valence-corrected chi connectivity index (χ1v) is 11.2. The van der Waals surface area contributed by atoms with E-state index in [0.717, 1.165) is 22.9 Å². The van der Waals surface area contributed by atoms with Gasteiger partial charge in [0.15, 0.2) is 21.3 Å². The number of fused-ring (bicyclic) bond motifs is 1. The number of nitrogens with one attached hydrogen (secondary N) is 1. The lowest BCUT2D eigenvalue weighted by Crippen LogP contribution is -2.27. The second-order valence-electron chi connectivity index (χ2n) is 7.91. The molecule has 3 heterocycles. The number of hydrogen-bond acceptors (Lipinski definition) is 7. The molecule has 3 aromatic heterocycles. The number of carbonyl (C=O) groups is 1. The molecule has 0 bridgehead atoms. The fourth-order valence-corrected chi connectivity index (χ4v) is 3.79. The highest BCUT2D eigenvalue weighted by Gasteiger charge is 2.31. The van der Waals surface area contributed by atoms with Crippen LogP contribution in [0.4, 0.5) is 23.7 Å². The molecule has 0 atom stereocenters. The minimum absolute atomic E-state index is 0.0313. The predicted octanol–water partition coefficient (Wildman–Crippen LogP) is 3.04. The Morgan fingerprint density at radius 1 is 1.21 bits per heavy atom. The molecule has 1 N–H and O–H groups in total. The highest BCUT2D eigenvalue weighted by Crippen LogP contribution is 2.29. The molecular formula is C19H20F3N5O5S. The zero-order valence-electron chi connectivity index (χ0n) is 18.0. The third-order valence-electron chi connectivity index (χ3n) is 4.25. The second kappa shape index (κ2) is 8.17. The summed E-state index contributed by atoms with van der Waals surface area (Å²) in [4.78, 5) is 28.3. The Labute approximate surface area is 185 Å². The Bertz CT molecular complexity index is 1390. The second-order valence-corrected chi connectivity index (χ2v) is 10.2. The van der Waals surface area contributed by atoms with E-state index in [0.29, 0.717) is 16.8 Å². The molecule has 33 heavy (non-hydrogen) atoms. The number of anilines is 1. The van der Waals surface area contributed by atoms with E-state index in [4.69, 9.17) is 4.74 Å². The van der Waals surface area contributed by atoms with Crippen molar-refractivity contribution in [3.05, 3.63) is 46.6 Å². The van der Waals surface area contributed by atoms with E-state index >= 15 is 0 Å². The van der Waals surface area contributed by atoms with Gasteiger partial charge in [-0.2, -0.15) is 17.9 Å². The molecule has 0 fully saturated rings. The lowest BCUT2D eigenvalue weighted by molar-refractivity contribution is -0.137. The SMILES string of the molecule is CCS(=O)(=O)c1cc(NC(=O)OC(C)(C)C)cnc1-n1nc2cc(C(F)(F)F)ccn2c1=O. The number of sulfone groups is 1. The Hall–Kier alpha value is -3.42. The van der Waals surface area contributed by atoms with Crippen LogP contribution in [0.5, 0.6) is 0 Å². The average molecular weight is 487 g/mol. The maximum Gasteiger partial charge on any atom is 0.416 e. The number of rotatable bonds is 4. The van der Waals surface area contributed by atoms with Crippen LogP contribution >= 0.6 is 0 Å². The van der Waals surface area contributed by atoms with Gasteiger partial charge in [-0.15, -0.1) is 5.10 Å². The van der Waals surface area contributed by atoms with E-state index in [-0.39, 0.29) is 17.1 Å². The van der Waals surface area contributed by atoms with Crippen LogP contribution < -0.4 is 11.0 Å². The Kier molecular flexibility index (Phi) is 6.00. The van der Waals surface area contributed by atoms with Crippen LogP contribution in [0.2, 0.25) is 0 Å². The third-order valence-corrected chi connectivity index (χ3v) is 5.98. The number of halogens is 3. The quantitative estimate of drug-likeness (QED) is 0.600. The van der Waals surface area contributed by atoms with Crippen molar-refractivity contribution in [2.24, 2.45) is 0 Å². The lowest BCUT2D eigenvalue weighted by Gasteiger charge is -2.19. The molecule has 0 unspecified atom stereocenters. The van der Waals surface area contributed by atoms with Gasteiger partial charge in [-0.3, -0.25) is 5.32 Å². The molecule has 0 aromatic carbocycles. The minimum Gasteiger partial charge on any atom is -0.444 e. The molecule has 0 radical (unpaired) electrons. The summed E-state index contributed by atoms with van der Waals surface area (Å²) in [5.74, 6) is -0.799. The predicted molar refractivity (Wildman–Crippen MR) is 111 cm³/mol. The van der Waals surface area contributed by atoms with Crippen LogP contribution in [0, 0.1) is 0 Å². The van der Waals surface area contributed by atoms with Crippen molar-refractivity contribution in [3.63, 3.8) is 0 Å². The van der Waals surface area contributed by atoms with Gasteiger partial charge in [-0.05, 0) is 39.0 Å². The molecule has 1 amide bonds. The fraction of sp³-hybridized carbons (Fsp3) is 0.368. The first-order chi connectivity index (χ1) is 15.1. The molecule has 0 aliphatic rings. The lowest BCUT2D eigenvalue weighted by atomic mass is 10.2. The number of hydrogen-bond donors (Lipinski definition) is 1. The summed E-state index contributed by atoms with van der Waals surface area (Å²) in [6.07, 6.45) is -3.56. The monoisotopic (exact) mass is 487 g/mol. The van der Waals surface area contributed by atoms with E-state index in [2.05, 4.69) is 15.4 Å². The highest BCUT2D eigenvalue weighted by molar-refractivity contribution is 7.91. The van der Waals surface area contributed by atoms with Crippen molar-refractivity contribution in [3.8, 4) is 5.82 Å². The molecule has 14 heteroatoms. The molecule has 0 saturated heterocycles. The number of amides is 1. The van der Waals surface area contributed by atoms with Crippen molar-refractivity contribution >= 4 is 27.3 Å². The number of nitrogens with zero attached hydrogens (tertiary/aromatic N) is 4. The van der Waals surface area contributed by atoms with Crippen LogP contribution in [0.25, 0.3) is 11.5 Å². The van der Waals surface area contributed by atoms with Gasteiger partial charge in [-0.1, -0.05) is 6.92 Å². The summed E-state index contributed by atoms with van der Waals surface area (Å²) in [6.45, 7) is 6.28. The van der Waals surface area contributed by atoms with Crippen molar-refractivity contribution in [1.82, 2.24) is 19.2 Å². The van der Waals surface area contributed by atoms with E-state index in [1.165, 1.54) is 6.92 Å². The fourth-order valence-electron chi connectivity index (χ4n) is 2.76. The van der Waals surface area contributed by atoms with Gasteiger partial charge in [0.1, 0.15) is 10.5 Å². The maximum atomic E-state index is 13.0. The molecule has 3 rings (SSSR count). The smallest absolute Gasteiger partial charge is 0.416 e. The highest BCUT2D eigenvalue weighted by atomic mass is 32.2. The standard InChI is InChI=1S/C19H20F3N5O5S/c1-5-33(30,31)13-9-12(24-16(28)32-18(2,3)4)10-23-15(13)27-17(29)26-7-6-11(19(20,21)22)8-14(26)25-27/h6-10H,5H2,1-4H3,(H,24,28). The Morgan fingerprint density at radius 3 is 2.45 bits per heavy atom. The number of ether oxygens (including phenoxy) is 1. The first-order valence-electron chi connectivity index (χ1n) is 9.54. The molecule has 178 valence electrons. The van der Waals surface area contributed by atoms with E-state index in [1.54, 1.807) is 20.8 Å². The van der Waals surface area contributed by atoms with Gasteiger partial charge in [0.05, 0.1) is 23.2 Å². The van der Waals surface area contributed by atoms with E-state index in [1.807, 2.05) is 0 Å². The Morgan fingerprint density at radius 2 is 1.88 bits per heavy atom. The van der Waals surface area contributed by atoms with E-state index < -0.39 is 49.7 Å². The zero-order valence-corrected chi connectivity index (χ0v) is 18.8. The first kappa shape index (κ1) is 24.2. The van der Waals surface area contributed by atoms with Crippen LogP contribution in [0.1, 0.15) is 33.3 Å². The van der Waals surface area contributed by atoms with Crippen molar-refractivity contribution in [1.29, 1.82) is 0 Å². The van der Waals surface area contributed by atoms with Gasteiger partial charge < -0.3 is 4.74 Å². The van der Waals surface area contributed by atoms with E-state index in [9.17, 15) is 31.2 Å². The largest absolute Gasteiger partial charge is 0.444 e. The molecule has 0 aliphatic carbocycles. The zero-order chi connectivity index (χ0) is 24.8. The number of alkyl halides is 3. The summed E-state index contributed by atoms with van der Waals surface area (Å²) in [7, 11) is -4.00. The van der Waals surface area contributed by atoms with Crippen LogP contribution in [-0.2, 0) is 20.8 Å². The van der Waals surface area contributed by atoms with Gasteiger partial charge in [-0.25, -0.2) is 27.4 Å². The van der Waals surface area contributed by atoms with Gasteiger partial charge in [0, 0.05) is 6.20 Å². The van der Waals surface area contributed by atoms with Gasteiger partial charge in [0.2, 0.25) is 0 Å². The van der Waals surface area contributed by atoms with Gasteiger partial charge in [0.25, 0.3) is 0 Å². The van der Waals surface area contributed by atoms with Crippen LogP contribution in [0.3, 0.4) is 0 Å². The minimum atomic E-state index is -4.66. The summed E-state index contributed by atoms with van der Waals surface area (Å²) in [6, 6.07) is 2.43. The molecule has 0 aliphatic heterocycles. The van der Waals surface area contributed by atoms with Crippen molar-refractivity contribution in [2.45, 2.75) is 44.4 Å². The topological polar surface area (TPSA) is 125 Å². The molecule has 0 saturated carbocycles.